The highest BCUT2D eigenvalue weighted by Gasteiger charge is 2.29. The largest absolute Gasteiger partial charge is 0.457 e. The van der Waals surface area contributed by atoms with E-state index in [1.807, 2.05) is 30.3 Å². The van der Waals surface area contributed by atoms with Crippen molar-refractivity contribution in [2.75, 3.05) is 25.0 Å². The summed E-state index contributed by atoms with van der Waals surface area (Å²) >= 11 is 5.98. The first kappa shape index (κ1) is 19.9. The molecule has 0 atom stereocenters. The number of halogens is 1. The molecule has 2 aromatic rings. The topological polar surface area (TPSA) is 75.7 Å². The van der Waals surface area contributed by atoms with Crippen molar-refractivity contribution in [1.82, 2.24) is 4.90 Å². The van der Waals surface area contributed by atoms with E-state index < -0.39 is 5.97 Å². The zero-order valence-corrected chi connectivity index (χ0v) is 16.0. The molecular weight excluding hydrogens is 380 g/mol. The Morgan fingerprint density at radius 2 is 1.64 bits per heavy atom. The van der Waals surface area contributed by atoms with E-state index in [1.165, 1.54) is 0 Å². The summed E-state index contributed by atoms with van der Waals surface area (Å²) in [6, 6.07) is 15.7. The number of anilines is 1. The predicted molar refractivity (Wildman–Crippen MR) is 106 cm³/mol. The molecule has 6 nitrogen and oxygen atoms in total. The zero-order chi connectivity index (χ0) is 19.9. The number of esters is 1. The summed E-state index contributed by atoms with van der Waals surface area (Å²) in [5.41, 5.74) is 1.07. The van der Waals surface area contributed by atoms with Crippen molar-refractivity contribution in [3.63, 3.8) is 0 Å². The molecule has 1 aliphatic rings. The fourth-order valence-corrected chi connectivity index (χ4v) is 3.30. The Kier molecular flexibility index (Phi) is 6.66. The van der Waals surface area contributed by atoms with E-state index in [4.69, 9.17) is 16.3 Å². The molecule has 0 saturated carbocycles. The molecule has 146 valence electrons. The Hall–Kier alpha value is -2.86. The minimum atomic E-state index is -0.413. The Balaban J connectivity index is 1.44. The molecule has 3 rings (SSSR count). The molecular formula is C21H21ClN2O4. The van der Waals surface area contributed by atoms with Crippen LogP contribution in [0.2, 0.25) is 5.02 Å². The number of para-hydroxylation sites is 1. The molecule has 0 aliphatic carbocycles. The standard InChI is InChI=1S/C21H21ClN2O4/c22-18-9-5-4-8-17(18)19(25)14-28-20(26)15-10-12-24(13-11-15)21(27)23-16-6-2-1-3-7-16/h1-9,15H,10-14H2,(H,23,27). The van der Waals surface area contributed by atoms with Crippen molar-refractivity contribution in [2.45, 2.75) is 12.8 Å². The van der Waals surface area contributed by atoms with Gasteiger partial charge in [0.05, 0.1) is 10.9 Å². The normalized spacial score (nSPS) is 14.4. The highest BCUT2D eigenvalue weighted by Crippen LogP contribution is 2.20. The molecule has 1 fully saturated rings. The average molecular weight is 401 g/mol. The van der Waals surface area contributed by atoms with Crippen molar-refractivity contribution >= 4 is 35.1 Å². The van der Waals surface area contributed by atoms with Crippen molar-refractivity contribution in [3.05, 3.63) is 65.2 Å². The highest BCUT2D eigenvalue weighted by atomic mass is 35.5. The van der Waals surface area contributed by atoms with Crippen LogP contribution in [0.1, 0.15) is 23.2 Å². The van der Waals surface area contributed by atoms with Gasteiger partial charge in [0.25, 0.3) is 0 Å². The summed E-state index contributed by atoms with van der Waals surface area (Å²) in [7, 11) is 0. The maximum absolute atomic E-state index is 12.3. The molecule has 2 amide bonds. The van der Waals surface area contributed by atoms with Crippen LogP contribution in [-0.2, 0) is 9.53 Å². The van der Waals surface area contributed by atoms with Crippen LogP contribution in [0.15, 0.2) is 54.6 Å². The van der Waals surface area contributed by atoms with Gasteiger partial charge in [-0.1, -0.05) is 41.9 Å². The number of hydrogen-bond donors (Lipinski definition) is 1. The average Bonchev–Trinajstić information content (AvgIpc) is 2.73. The number of hydrogen-bond acceptors (Lipinski definition) is 4. The summed E-state index contributed by atoms with van der Waals surface area (Å²) < 4.78 is 5.18. The van der Waals surface area contributed by atoms with E-state index in [2.05, 4.69) is 5.32 Å². The second-order valence-corrected chi connectivity index (χ2v) is 6.98. The number of ketones is 1. The molecule has 0 spiro atoms. The Morgan fingerprint density at radius 3 is 2.32 bits per heavy atom. The van der Waals surface area contributed by atoms with Crippen LogP contribution in [0, 0.1) is 5.92 Å². The molecule has 1 N–H and O–H groups in total. The van der Waals surface area contributed by atoms with Crippen LogP contribution in [0.3, 0.4) is 0 Å². The number of ether oxygens (including phenoxy) is 1. The summed E-state index contributed by atoms with van der Waals surface area (Å²) in [6.07, 6.45) is 1.00. The number of nitrogens with one attached hydrogen (secondary N) is 1. The molecule has 0 radical (unpaired) electrons. The maximum Gasteiger partial charge on any atom is 0.321 e. The van der Waals surface area contributed by atoms with E-state index in [1.54, 1.807) is 29.2 Å². The Labute approximate surface area is 168 Å². The number of carbonyl (C=O) groups excluding carboxylic acids is 3. The van der Waals surface area contributed by atoms with Crippen molar-refractivity contribution in [1.29, 1.82) is 0 Å². The molecule has 1 aliphatic heterocycles. The zero-order valence-electron chi connectivity index (χ0n) is 15.3. The summed E-state index contributed by atoms with van der Waals surface area (Å²) in [4.78, 5) is 38.4. The first-order valence-corrected chi connectivity index (χ1v) is 9.47. The van der Waals surface area contributed by atoms with Gasteiger partial charge in [0.15, 0.2) is 6.61 Å². The number of nitrogens with zero attached hydrogens (tertiary/aromatic N) is 1. The van der Waals surface area contributed by atoms with Gasteiger partial charge in [-0.15, -0.1) is 0 Å². The van der Waals surface area contributed by atoms with Gasteiger partial charge in [-0.25, -0.2) is 4.79 Å². The fourth-order valence-electron chi connectivity index (χ4n) is 3.06. The van der Waals surface area contributed by atoms with Gasteiger partial charge in [0, 0.05) is 24.3 Å². The number of urea groups is 1. The van der Waals surface area contributed by atoms with E-state index in [0.717, 1.165) is 5.69 Å². The number of benzene rings is 2. The van der Waals surface area contributed by atoms with E-state index in [0.29, 0.717) is 36.5 Å². The van der Waals surface area contributed by atoms with Crippen molar-refractivity contribution < 1.29 is 19.1 Å². The number of rotatable bonds is 5. The lowest BCUT2D eigenvalue weighted by atomic mass is 9.97. The number of likely N-dealkylation sites (tertiary alicyclic amines) is 1. The third-order valence-corrected chi connectivity index (χ3v) is 4.99. The smallest absolute Gasteiger partial charge is 0.321 e. The first-order chi connectivity index (χ1) is 13.5. The van der Waals surface area contributed by atoms with Crippen LogP contribution in [0.4, 0.5) is 10.5 Å². The van der Waals surface area contributed by atoms with Crippen molar-refractivity contribution in [2.24, 2.45) is 5.92 Å². The van der Waals surface area contributed by atoms with Crippen LogP contribution in [0.25, 0.3) is 0 Å². The Morgan fingerprint density at radius 1 is 1.00 bits per heavy atom. The second kappa shape index (κ2) is 9.37. The van der Waals surface area contributed by atoms with Crippen LogP contribution >= 0.6 is 11.6 Å². The molecule has 7 heteroatoms. The predicted octanol–water partition coefficient (Wildman–Crippen LogP) is 4.01. The molecule has 28 heavy (non-hydrogen) atoms. The van der Waals surface area contributed by atoms with Gasteiger partial charge in [0.2, 0.25) is 5.78 Å². The third kappa shape index (κ3) is 5.10. The number of carbonyl (C=O) groups is 3. The molecule has 1 heterocycles. The summed E-state index contributed by atoms with van der Waals surface area (Å²) in [5.74, 6) is -1.07. The monoisotopic (exact) mass is 400 g/mol. The van der Waals surface area contributed by atoms with Gasteiger partial charge in [-0.2, -0.15) is 0 Å². The third-order valence-electron chi connectivity index (χ3n) is 4.66. The van der Waals surface area contributed by atoms with Crippen LogP contribution in [0.5, 0.6) is 0 Å². The molecule has 0 aromatic heterocycles. The SMILES string of the molecule is O=C(COC(=O)C1CCN(C(=O)Nc2ccccc2)CC1)c1ccccc1Cl. The fraction of sp³-hybridized carbons (Fsp3) is 0.286. The minimum Gasteiger partial charge on any atom is -0.457 e. The molecule has 0 unspecified atom stereocenters. The lowest BCUT2D eigenvalue weighted by Crippen LogP contribution is -2.42. The Bertz CT molecular complexity index is 848. The lowest BCUT2D eigenvalue weighted by molar-refractivity contribution is -0.148. The lowest BCUT2D eigenvalue weighted by Gasteiger charge is -2.30. The van der Waals surface area contributed by atoms with Gasteiger partial charge >= 0.3 is 12.0 Å². The quantitative estimate of drug-likeness (QED) is 0.607. The summed E-state index contributed by atoms with van der Waals surface area (Å²) in [6.45, 7) is 0.574. The van der Waals surface area contributed by atoms with E-state index in [-0.39, 0.29) is 24.3 Å². The van der Waals surface area contributed by atoms with Crippen LogP contribution < -0.4 is 5.32 Å². The van der Waals surface area contributed by atoms with E-state index in [9.17, 15) is 14.4 Å². The molecule has 0 bridgehead atoms. The van der Waals surface area contributed by atoms with Gasteiger partial charge < -0.3 is 15.0 Å². The first-order valence-electron chi connectivity index (χ1n) is 9.10. The number of piperidine rings is 1. The maximum atomic E-state index is 12.3. The van der Waals surface area contributed by atoms with Gasteiger partial charge in [-0.05, 0) is 37.1 Å². The number of amides is 2. The number of Topliss-reactive ketones (excluding diaryl/α,β-unsaturated/α-hetero) is 1. The molecule has 2 aromatic carbocycles. The minimum absolute atomic E-state index is 0.188. The summed E-state index contributed by atoms with van der Waals surface area (Å²) in [5, 5.41) is 3.17. The van der Waals surface area contributed by atoms with Crippen molar-refractivity contribution in [3.8, 4) is 0 Å². The molecule has 1 saturated heterocycles. The second-order valence-electron chi connectivity index (χ2n) is 6.57. The van der Waals surface area contributed by atoms with Gasteiger partial charge in [-0.3, -0.25) is 9.59 Å². The van der Waals surface area contributed by atoms with E-state index >= 15 is 0 Å². The van der Waals surface area contributed by atoms with Crippen LogP contribution in [-0.4, -0.2) is 42.4 Å². The highest BCUT2D eigenvalue weighted by molar-refractivity contribution is 6.34. The van der Waals surface area contributed by atoms with Gasteiger partial charge in [0.1, 0.15) is 0 Å².